The second-order valence-corrected chi connectivity index (χ2v) is 11.6. The first-order valence-corrected chi connectivity index (χ1v) is 13.6. The van der Waals surface area contributed by atoms with Gasteiger partial charge in [-0.05, 0) is 74.4 Å². The van der Waals surface area contributed by atoms with Crippen LogP contribution in [0.15, 0.2) is 51.1 Å². The Morgan fingerprint density at radius 3 is 2.56 bits per heavy atom. The molecular formula is C27H33FN2O3S. The Kier molecular flexibility index (Phi) is 6.85. The van der Waals surface area contributed by atoms with Crippen LogP contribution in [0.2, 0.25) is 0 Å². The average Bonchev–Trinajstić information content (AvgIpc) is 2.80. The smallest absolute Gasteiger partial charge is 0.211 e. The highest BCUT2D eigenvalue weighted by atomic mass is 32.2. The first-order valence-electron chi connectivity index (χ1n) is 12.1. The molecular weight excluding hydrogens is 451 g/mol. The van der Waals surface area contributed by atoms with Crippen molar-refractivity contribution in [2.24, 2.45) is 5.92 Å². The zero-order valence-corrected chi connectivity index (χ0v) is 21.2. The SMILES string of the molecule is CCCCn1cc(S(=O)(=O)c2ccc(C)c(C)c2)c(=O)c2cc(F)c(N3CCC[C@@H](C)C3)cc21. The summed E-state index contributed by atoms with van der Waals surface area (Å²) in [5, 5.41) is 0.104. The van der Waals surface area contributed by atoms with Crippen molar-refractivity contribution in [3.8, 4) is 0 Å². The summed E-state index contributed by atoms with van der Waals surface area (Å²) in [6.45, 7) is 10.0. The van der Waals surface area contributed by atoms with Crippen molar-refractivity contribution in [3.63, 3.8) is 0 Å². The molecule has 1 aromatic heterocycles. The van der Waals surface area contributed by atoms with E-state index in [1.165, 1.54) is 18.3 Å². The molecule has 0 radical (unpaired) electrons. The minimum atomic E-state index is -4.06. The minimum Gasteiger partial charge on any atom is -0.369 e. The topological polar surface area (TPSA) is 59.4 Å². The highest BCUT2D eigenvalue weighted by Crippen LogP contribution is 2.30. The van der Waals surface area contributed by atoms with E-state index in [1.54, 1.807) is 18.2 Å². The molecule has 182 valence electrons. The van der Waals surface area contributed by atoms with Gasteiger partial charge in [0.1, 0.15) is 10.7 Å². The first kappa shape index (κ1) is 24.5. The van der Waals surface area contributed by atoms with Crippen LogP contribution in [0.4, 0.5) is 10.1 Å². The van der Waals surface area contributed by atoms with E-state index in [4.69, 9.17) is 0 Å². The van der Waals surface area contributed by atoms with Gasteiger partial charge in [-0.3, -0.25) is 4.79 Å². The van der Waals surface area contributed by atoms with Crippen molar-refractivity contribution in [1.82, 2.24) is 4.57 Å². The molecule has 2 heterocycles. The van der Waals surface area contributed by atoms with Gasteiger partial charge in [0.25, 0.3) is 0 Å². The standard InChI is InChI=1S/C27H33FN2O3S/c1-5-6-11-30-17-26(34(32,33)21-10-9-19(3)20(4)13-21)27(31)22-14-23(28)25(15-24(22)30)29-12-7-8-18(2)16-29/h9-10,13-15,17-18H,5-8,11-12,16H2,1-4H3/t18-/m1/s1. The fourth-order valence-corrected chi connectivity index (χ4v) is 6.19. The normalized spacial score (nSPS) is 16.9. The molecule has 5 nitrogen and oxygen atoms in total. The van der Waals surface area contributed by atoms with Crippen LogP contribution in [0.5, 0.6) is 0 Å². The lowest BCUT2D eigenvalue weighted by Gasteiger charge is -2.33. The number of fused-ring (bicyclic) bond motifs is 1. The number of benzene rings is 2. The number of aryl methyl sites for hydroxylation is 3. The molecule has 0 amide bonds. The van der Waals surface area contributed by atoms with E-state index in [2.05, 4.69) is 13.8 Å². The zero-order valence-electron chi connectivity index (χ0n) is 20.4. The van der Waals surface area contributed by atoms with Gasteiger partial charge < -0.3 is 9.47 Å². The summed E-state index contributed by atoms with van der Waals surface area (Å²) in [4.78, 5) is 15.3. The average molecular weight is 485 g/mol. The molecule has 7 heteroatoms. The summed E-state index contributed by atoms with van der Waals surface area (Å²) in [6.07, 6.45) is 5.28. The molecule has 1 saturated heterocycles. The van der Waals surface area contributed by atoms with Crippen LogP contribution in [0, 0.1) is 25.6 Å². The van der Waals surface area contributed by atoms with Crippen molar-refractivity contribution in [3.05, 3.63) is 63.7 Å². The molecule has 0 aliphatic carbocycles. The third-order valence-corrected chi connectivity index (χ3v) is 8.69. The second-order valence-electron chi connectivity index (χ2n) is 9.63. The van der Waals surface area contributed by atoms with Gasteiger partial charge in [0.05, 0.1) is 21.5 Å². The van der Waals surface area contributed by atoms with Gasteiger partial charge in [-0.25, -0.2) is 12.8 Å². The molecule has 1 atom stereocenters. The number of hydrogen-bond acceptors (Lipinski definition) is 4. The molecule has 1 aliphatic rings. The van der Waals surface area contributed by atoms with E-state index in [0.717, 1.165) is 49.9 Å². The van der Waals surface area contributed by atoms with Gasteiger partial charge in [-0.15, -0.1) is 0 Å². The highest BCUT2D eigenvalue weighted by Gasteiger charge is 2.26. The molecule has 1 aliphatic heterocycles. The van der Waals surface area contributed by atoms with Gasteiger partial charge >= 0.3 is 0 Å². The maximum Gasteiger partial charge on any atom is 0.211 e. The number of unbranched alkanes of at least 4 members (excludes halogenated alkanes) is 1. The Hall–Kier alpha value is -2.67. The van der Waals surface area contributed by atoms with E-state index in [9.17, 15) is 13.2 Å². The van der Waals surface area contributed by atoms with Gasteiger partial charge in [0.2, 0.25) is 15.3 Å². The van der Waals surface area contributed by atoms with Gasteiger partial charge in [0.15, 0.2) is 0 Å². The molecule has 0 N–H and O–H groups in total. The van der Waals surface area contributed by atoms with Crippen LogP contribution in [0.1, 0.15) is 50.7 Å². The molecule has 0 spiro atoms. The summed E-state index contributed by atoms with van der Waals surface area (Å²) in [6, 6.07) is 7.82. The van der Waals surface area contributed by atoms with Gasteiger partial charge in [0, 0.05) is 25.8 Å². The maximum atomic E-state index is 15.3. The third-order valence-electron chi connectivity index (χ3n) is 6.94. The Labute approximate surface area is 201 Å². The van der Waals surface area contributed by atoms with Crippen molar-refractivity contribution in [2.45, 2.75) is 69.7 Å². The van der Waals surface area contributed by atoms with Crippen molar-refractivity contribution in [1.29, 1.82) is 0 Å². The van der Waals surface area contributed by atoms with Crippen LogP contribution in [-0.4, -0.2) is 26.1 Å². The molecule has 0 bridgehead atoms. The largest absolute Gasteiger partial charge is 0.369 e. The number of rotatable bonds is 6. The molecule has 34 heavy (non-hydrogen) atoms. The predicted molar refractivity (Wildman–Crippen MR) is 135 cm³/mol. The van der Waals surface area contributed by atoms with Crippen LogP contribution < -0.4 is 10.3 Å². The first-order chi connectivity index (χ1) is 16.1. The number of anilines is 1. The summed E-state index contributed by atoms with van der Waals surface area (Å²) in [5.74, 6) is -0.0157. The molecule has 0 unspecified atom stereocenters. The number of nitrogens with zero attached hydrogens (tertiary/aromatic N) is 2. The molecule has 4 rings (SSSR count). The summed E-state index contributed by atoms with van der Waals surface area (Å²) < 4.78 is 44.1. The second kappa shape index (κ2) is 9.53. The quantitative estimate of drug-likeness (QED) is 0.455. The Balaban J connectivity index is 1.93. The predicted octanol–water partition coefficient (Wildman–Crippen LogP) is 5.63. The lowest BCUT2D eigenvalue weighted by atomic mass is 9.99. The zero-order chi connectivity index (χ0) is 24.6. The summed E-state index contributed by atoms with van der Waals surface area (Å²) >= 11 is 0. The maximum absolute atomic E-state index is 15.3. The highest BCUT2D eigenvalue weighted by molar-refractivity contribution is 7.91. The Bertz CT molecular complexity index is 1400. The fraction of sp³-hybridized carbons (Fsp3) is 0.444. The Morgan fingerprint density at radius 2 is 1.88 bits per heavy atom. The number of piperidine rings is 1. The molecule has 1 fully saturated rings. The molecule has 3 aromatic rings. The van der Waals surface area contributed by atoms with E-state index >= 15 is 4.39 Å². The minimum absolute atomic E-state index is 0.0773. The number of pyridine rings is 1. The Morgan fingerprint density at radius 1 is 1.12 bits per heavy atom. The van der Waals surface area contributed by atoms with Crippen LogP contribution >= 0.6 is 0 Å². The summed E-state index contributed by atoms with van der Waals surface area (Å²) in [5.41, 5.74) is 2.21. The summed E-state index contributed by atoms with van der Waals surface area (Å²) in [7, 11) is -4.06. The number of halogens is 1. The van der Waals surface area contributed by atoms with Crippen LogP contribution in [0.25, 0.3) is 10.9 Å². The molecule has 0 saturated carbocycles. The lowest BCUT2D eigenvalue weighted by molar-refractivity contribution is 0.442. The third kappa shape index (κ3) is 4.50. The van der Waals surface area contributed by atoms with E-state index in [1.807, 2.05) is 23.3 Å². The molecule has 2 aromatic carbocycles. The fourth-order valence-electron chi connectivity index (χ4n) is 4.74. The van der Waals surface area contributed by atoms with Gasteiger partial charge in [-0.2, -0.15) is 0 Å². The van der Waals surface area contributed by atoms with E-state index in [0.29, 0.717) is 23.7 Å². The van der Waals surface area contributed by atoms with Crippen molar-refractivity contribution < 1.29 is 12.8 Å². The number of aromatic nitrogens is 1. The van der Waals surface area contributed by atoms with Crippen LogP contribution in [-0.2, 0) is 16.4 Å². The number of hydrogen-bond donors (Lipinski definition) is 0. The monoisotopic (exact) mass is 484 g/mol. The number of sulfone groups is 1. The van der Waals surface area contributed by atoms with Crippen molar-refractivity contribution in [2.75, 3.05) is 18.0 Å². The van der Waals surface area contributed by atoms with E-state index < -0.39 is 21.1 Å². The lowest BCUT2D eigenvalue weighted by Crippen LogP contribution is -2.35. The van der Waals surface area contributed by atoms with Gasteiger partial charge in [-0.1, -0.05) is 26.3 Å². The van der Waals surface area contributed by atoms with Crippen LogP contribution in [0.3, 0.4) is 0 Å². The van der Waals surface area contributed by atoms with Crippen molar-refractivity contribution >= 4 is 26.4 Å². The van der Waals surface area contributed by atoms with E-state index in [-0.39, 0.29) is 15.2 Å².